The van der Waals surface area contributed by atoms with E-state index in [4.69, 9.17) is 5.11 Å². The number of carbonyl (C=O) groups excluding carboxylic acids is 1. The fraction of sp³-hybridized carbons (Fsp3) is 0.733. The molecule has 0 radical (unpaired) electrons. The van der Waals surface area contributed by atoms with Crippen LogP contribution in [0.25, 0.3) is 0 Å². The molecule has 0 aromatic carbocycles. The van der Waals surface area contributed by atoms with E-state index in [2.05, 4.69) is 32.2 Å². The molecule has 1 heterocycles. The first-order valence-electron chi connectivity index (χ1n) is 7.10. The Bertz CT molecular complexity index is 408. The van der Waals surface area contributed by atoms with Gasteiger partial charge in [0.05, 0.1) is 0 Å². The second-order valence-electron chi connectivity index (χ2n) is 6.68. The van der Waals surface area contributed by atoms with Crippen LogP contribution in [-0.4, -0.2) is 41.1 Å². The van der Waals surface area contributed by atoms with Gasteiger partial charge in [-0.2, -0.15) is 0 Å². The highest BCUT2D eigenvalue weighted by Gasteiger charge is 2.28. The van der Waals surface area contributed by atoms with Gasteiger partial charge in [0.25, 0.3) is 0 Å². The SMILES string of the molecule is CC(C)C(NC(=O)N1CC=C(C(C)(C)C)CC1)C(=O)O. The number of aliphatic carboxylic acids is 1. The van der Waals surface area contributed by atoms with Crippen LogP contribution in [0.3, 0.4) is 0 Å². The molecular weight excluding hydrogens is 256 g/mol. The topological polar surface area (TPSA) is 69.6 Å². The second-order valence-corrected chi connectivity index (χ2v) is 6.68. The predicted molar refractivity (Wildman–Crippen MR) is 78.5 cm³/mol. The van der Waals surface area contributed by atoms with E-state index < -0.39 is 12.0 Å². The molecule has 0 spiro atoms. The number of carboxylic acid groups (broad SMARTS) is 1. The zero-order valence-corrected chi connectivity index (χ0v) is 13.1. The standard InChI is InChI=1S/C15H26N2O3/c1-10(2)12(13(18)19)16-14(20)17-8-6-11(7-9-17)15(3,4)5/h6,10,12H,7-9H2,1-5H3,(H,16,20)(H,18,19). The first-order valence-corrected chi connectivity index (χ1v) is 7.10. The van der Waals surface area contributed by atoms with Gasteiger partial charge in [0.15, 0.2) is 0 Å². The zero-order chi connectivity index (χ0) is 15.5. The Morgan fingerprint density at radius 1 is 1.35 bits per heavy atom. The number of hydrogen-bond acceptors (Lipinski definition) is 2. The monoisotopic (exact) mass is 282 g/mol. The molecule has 1 aliphatic heterocycles. The number of amides is 2. The molecule has 1 rings (SSSR count). The van der Waals surface area contributed by atoms with E-state index in [9.17, 15) is 9.59 Å². The maximum absolute atomic E-state index is 12.1. The van der Waals surface area contributed by atoms with E-state index in [0.717, 1.165) is 6.42 Å². The minimum absolute atomic E-state index is 0.129. The Hall–Kier alpha value is -1.52. The maximum Gasteiger partial charge on any atom is 0.326 e. The highest BCUT2D eigenvalue weighted by atomic mass is 16.4. The predicted octanol–water partition coefficient (Wildman–Crippen LogP) is 2.48. The van der Waals surface area contributed by atoms with Crippen LogP contribution >= 0.6 is 0 Å². The molecule has 0 aliphatic carbocycles. The number of urea groups is 1. The van der Waals surface area contributed by atoms with Crippen LogP contribution in [-0.2, 0) is 4.79 Å². The summed E-state index contributed by atoms with van der Waals surface area (Å²) in [5.74, 6) is -1.13. The van der Waals surface area contributed by atoms with Crippen LogP contribution in [0.5, 0.6) is 0 Å². The third-order valence-corrected chi connectivity index (χ3v) is 3.67. The van der Waals surface area contributed by atoms with Crippen LogP contribution in [0.4, 0.5) is 4.79 Å². The highest BCUT2D eigenvalue weighted by Crippen LogP contribution is 2.30. The lowest BCUT2D eigenvalue weighted by Crippen LogP contribution is -2.51. The molecule has 2 amide bonds. The Labute approximate surface area is 121 Å². The molecule has 0 aromatic rings. The summed E-state index contributed by atoms with van der Waals surface area (Å²) in [4.78, 5) is 24.9. The second kappa shape index (κ2) is 6.29. The van der Waals surface area contributed by atoms with Gasteiger partial charge in [-0.1, -0.05) is 46.3 Å². The van der Waals surface area contributed by atoms with Crippen molar-refractivity contribution < 1.29 is 14.7 Å². The van der Waals surface area contributed by atoms with Crippen molar-refractivity contribution in [2.45, 2.75) is 47.1 Å². The summed E-state index contributed by atoms with van der Waals surface area (Å²) < 4.78 is 0. The van der Waals surface area contributed by atoms with E-state index in [1.165, 1.54) is 5.57 Å². The van der Waals surface area contributed by atoms with Gasteiger partial charge in [-0.3, -0.25) is 0 Å². The summed E-state index contributed by atoms with van der Waals surface area (Å²) in [6.45, 7) is 11.2. The van der Waals surface area contributed by atoms with Crippen molar-refractivity contribution in [3.05, 3.63) is 11.6 Å². The molecule has 20 heavy (non-hydrogen) atoms. The van der Waals surface area contributed by atoms with Gasteiger partial charge in [0.2, 0.25) is 0 Å². The highest BCUT2D eigenvalue weighted by molar-refractivity contribution is 5.83. The number of hydrogen-bond donors (Lipinski definition) is 2. The van der Waals surface area contributed by atoms with Gasteiger partial charge in [0.1, 0.15) is 6.04 Å². The number of nitrogens with zero attached hydrogens (tertiary/aromatic N) is 1. The summed E-state index contributed by atoms with van der Waals surface area (Å²) in [6.07, 6.45) is 2.92. The Balaban J connectivity index is 2.63. The molecule has 1 aliphatic rings. The molecule has 5 nitrogen and oxygen atoms in total. The minimum atomic E-state index is -0.990. The Kier molecular flexibility index (Phi) is 5.20. The molecule has 5 heteroatoms. The molecule has 1 atom stereocenters. The summed E-state index contributed by atoms with van der Waals surface area (Å²) in [5.41, 5.74) is 1.48. The van der Waals surface area contributed by atoms with Crippen LogP contribution in [0.1, 0.15) is 41.0 Å². The van der Waals surface area contributed by atoms with Crippen LogP contribution in [0.2, 0.25) is 0 Å². The van der Waals surface area contributed by atoms with E-state index in [1.54, 1.807) is 18.7 Å². The largest absolute Gasteiger partial charge is 0.480 e. The van der Waals surface area contributed by atoms with Crippen molar-refractivity contribution in [3.63, 3.8) is 0 Å². The maximum atomic E-state index is 12.1. The summed E-state index contributed by atoms with van der Waals surface area (Å²) in [6, 6.07) is -1.13. The van der Waals surface area contributed by atoms with Crippen molar-refractivity contribution in [2.75, 3.05) is 13.1 Å². The van der Waals surface area contributed by atoms with E-state index in [1.807, 2.05) is 0 Å². The van der Waals surface area contributed by atoms with Crippen LogP contribution in [0.15, 0.2) is 11.6 Å². The van der Waals surface area contributed by atoms with Gasteiger partial charge in [0, 0.05) is 13.1 Å². The Morgan fingerprint density at radius 3 is 2.30 bits per heavy atom. The molecule has 2 N–H and O–H groups in total. The van der Waals surface area contributed by atoms with Crippen molar-refractivity contribution in [3.8, 4) is 0 Å². The molecule has 0 saturated heterocycles. The van der Waals surface area contributed by atoms with Crippen molar-refractivity contribution in [1.82, 2.24) is 10.2 Å². The molecule has 0 aromatic heterocycles. The van der Waals surface area contributed by atoms with Crippen molar-refractivity contribution in [2.24, 2.45) is 11.3 Å². The van der Waals surface area contributed by atoms with E-state index >= 15 is 0 Å². The van der Waals surface area contributed by atoms with Gasteiger partial charge in [-0.25, -0.2) is 9.59 Å². The number of rotatable bonds is 3. The average Bonchev–Trinajstić information content (AvgIpc) is 2.34. The summed E-state index contributed by atoms with van der Waals surface area (Å²) in [5, 5.41) is 11.7. The smallest absolute Gasteiger partial charge is 0.326 e. The van der Waals surface area contributed by atoms with Gasteiger partial charge in [-0.05, 0) is 17.8 Å². The number of carbonyl (C=O) groups is 2. The van der Waals surface area contributed by atoms with Crippen LogP contribution < -0.4 is 5.32 Å². The summed E-state index contributed by atoms with van der Waals surface area (Å²) >= 11 is 0. The third kappa shape index (κ3) is 4.25. The normalized spacial score (nSPS) is 17.7. The van der Waals surface area contributed by atoms with Crippen molar-refractivity contribution in [1.29, 1.82) is 0 Å². The minimum Gasteiger partial charge on any atom is -0.480 e. The molecule has 0 saturated carbocycles. The lowest BCUT2D eigenvalue weighted by Gasteiger charge is -2.33. The molecule has 1 unspecified atom stereocenters. The first kappa shape index (κ1) is 16.5. The van der Waals surface area contributed by atoms with Gasteiger partial charge >= 0.3 is 12.0 Å². The third-order valence-electron chi connectivity index (χ3n) is 3.67. The van der Waals surface area contributed by atoms with Gasteiger partial charge in [-0.15, -0.1) is 0 Å². The van der Waals surface area contributed by atoms with E-state index in [-0.39, 0.29) is 17.4 Å². The van der Waals surface area contributed by atoms with Crippen molar-refractivity contribution >= 4 is 12.0 Å². The number of nitrogens with one attached hydrogen (secondary N) is 1. The summed E-state index contributed by atoms with van der Waals surface area (Å²) in [7, 11) is 0. The zero-order valence-electron chi connectivity index (χ0n) is 13.1. The lowest BCUT2D eigenvalue weighted by molar-refractivity contribution is -0.140. The fourth-order valence-electron chi connectivity index (χ4n) is 2.27. The molecule has 0 fully saturated rings. The lowest BCUT2D eigenvalue weighted by atomic mass is 9.83. The van der Waals surface area contributed by atoms with Crippen LogP contribution in [0, 0.1) is 11.3 Å². The quantitative estimate of drug-likeness (QED) is 0.781. The number of carboxylic acids is 1. The van der Waals surface area contributed by atoms with E-state index in [0.29, 0.717) is 13.1 Å². The fourth-order valence-corrected chi connectivity index (χ4v) is 2.27. The molecule has 114 valence electrons. The molecule has 0 bridgehead atoms. The molecular formula is C15H26N2O3. The van der Waals surface area contributed by atoms with Gasteiger partial charge < -0.3 is 15.3 Å². The Morgan fingerprint density at radius 2 is 1.95 bits per heavy atom. The first-order chi connectivity index (χ1) is 9.12. The average molecular weight is 282 g/mol.